The second kappa shape index (κ2) is 6.27. The Morgan fingerprint density at radius 1 is 1.28 bits per heavy atom. The summed E-state index contributed by atoms with van der Waals surface area (Å²) in [6.45, 7) is 1.60. The molecule has 0 atom stereocenters. The Labute approximate surface area is 140 Å². The Balaban J connectivity index is 1.60. The largest absolute Gasteiger partial charge is 0.391 e. The number of hydrogen-bond acceptors (Lipinski definition) is 2. The van der Waals surface area contributed by atoms with Gasteiger partial charge in [0.25, 0.3) is 0 Å². The number of hydrogen-bond donors (Lipinski definition) is 1. The fourth-order valence-corrected chi connectivity index (χ4v) is 3.07. The Kier molecular flexibility index (Phi) is 4.42. The number of rotatable bonds is 4. The molecule has 0 spiro atoms. The monoisotopic (exact) mass is 361 g/mol. The van der Waals surface area contributed by atoms with E-state index >= 15 is 0 Å². The van der Waals surface area contributed by atoms with Crippen molar-refractivity contribution in [2.45, 2.75) is 32.5 Å². The Morgan fingerprint density at radius 3 is 2.56 bits per heavy atom. The highest BCUT2D eigenvalue weighted by Gasteiger charge is 2.47. The molecular formula is C16H16F5N3O. The minimum absolute atomic E-state index is 0.0152. The molecule has 1 N–H and O–H groups in total. The standard InChI is InChI=1S/C16H16F5N3O/c1-8-23-13-4-11(17)12(18)5-14(13)24(8)7-15(25)22-6-9-2-10(3-9)16(19,20)21/h4-5,9-10H,2-3,6-7H2,1H3,(H,22,25). The van der Waals surface area contributed by atoms with Crippen LogP contribution in [-0.2, 0) is 11.3 Å². The van der Waals surface area contributed by atoms with Gasteiger partial charge in [-0.2, -0.15) is 13.2 Å². The van der Waals surface area contributed by atoms with Gasteiger partial charge in [-0.15, -0.1) is 0 Å². The van der Waals surface area contributed by atoms with Crippen molar-refractivity contribution in [2.75, 3.05) is 6.54 Å². The molecule has 3 rings (SSSR count). The molecule has 0 aliphatic heterocycles. The van der Waals surface area contributed by atoms with Crippen molar-refractivity contribution in [3.8, 4) is 0 Å². The van der Waals surface area contributed by atoms with Crippen molar-refractivity contribution in [3.63, 3.8) is 0 Å². The first-order valence-electron chi connectivity index (χ1n) is 7.80. The number of fused-ring (bicyclic) bond motifs is 1. The van der Waals surface area contributed by atoms with Gasteiger partial charge in [-0.1, -0.05) is 0 Å². The molecule has 0 bridgehead atoms. The molecule has 25 heavy (non-hydrogen) atoms. The summed E-state index contributed by atoms with van der Waals surface area (Å²) in [7, 11) is 0. The van der Waals surface area contributed by atoms with Crippen LogP contribution in [0.25, 0.3) is 11.0 Å². The molecule has 0 unspecified atom stereocenters. The van der Waals surface area contributed by atoms with Crippen molar-refractivity contribution >= 4 is 16.9 Å². The summed E-state index contributed by atoms with van der Waals surface area (Å²) in [4.78, 5) is 16.1. The van der Waals surface area contributed by atoms with E-state index in [4.69, 9.17) is 0 Å². The van der Waals surface area contributed by atoms with E-state index in [0.717, 1.165) is 12.1 Å². The van der Waals surface area contributed by atoms with Crippen LogP contribution in [0.15, 0.2) is 12.1 Å². The van der Waals surface area contributed by atoms with Gasteiger partial charge in [-0.3, -0.25) is 4.79 Å². The molecule has 1 aromatic heterocycles. The molecule has 136 valence electrons. The van der Waals surface area contributed by atoms with E-state index in [9.17, 15) is 26.7 Å². The average molecular weight is 361 g/mol. The highest BCUT2D eigenvalue weighted by atomic mass is 19.4. The van der Waals surface area contributed by atoms with Crippen LogP contribution in [0.3, 0.4) is 0 Å². The quantitative estimate of drug-likeness (QED) is 0.850. The second-order valence-electron chi connectivity index (χ2n) is 6.38. The van der Waals surface area contributed by atoms with E-state index in [2.05, 4.69) is 10.3 Å². The fraction of sp³-hybridized carbons (Fsp3) is 0.500. The van der Waals surface area contributed by atoms with E-state index in [-0.39, 0.29) is 42.9 Å². The number of aromatic nitrogens is 2. The number of imidazole rings is 1. The Hall–Kier alpha value is -2.19. The zero-order valence-electron chi connectivity index (χ0n) is 13.3. The summed E-state index contributed by atoms with van der Waals surface area (Å²) in [5.74, 6) is -3.54. The lowest BCUT2D eigenvalue weighted by molar-refractivity contribution is -0.204. The number of aryl methyl sites for hydroxylation is 1. The lowest BCUT2D eigenvalue weighted by Crippen LogP contribution is -2.42. The third-order valence-electron chi connectivity index (χ3n) is 4.57. The van der Waals surface area contributed by atoms with Crippen molar-refractivity contribution in [3.05, 3.63) is 29.6 Å². The SMILES string of the molecule is Cc1nc2cc(F)c(F)cc2n1CC(=O)NCC1CC(C(F)(F)F)C1. The predicted molar refractivity (Wildman–Crippen MR) is 79.7 cm³/mol. The minimum Gasteiger partial charge on any atom is -0.354 e. The van der Waals surface area contributed by atoms with Crippen molar-refractivity contribution in [2.24, 2.45) is 11.8 Å². The molecule has 1 heterocycles. The van der Waals surface area contributed by atoms with Crippen molar-refractivity contribution in [1.29, 1.82) is 0 Å². The van der Waals surface area contributed by atoms with Gasteiger partial charge in [-0.05, 0) is 25.7 Å². The molecule has 9 heteroatoms. The third kappa shape index (κ3) is 3.59. The van der Waals surface area contributed by atoms with Gasteiger partial charge in [-0.25, -0.2) is 13.8 Å². The highest BCUT2D eigenvalue weighted by molar-refractivity contribution is 5.81. The first kappa shape index (κ1) is 17.6. The van der Waals surface area contributed by atoms with Gasteiger partial charge >= 0.3 is 6.18 Å². The molecule has 1 amide bonds. The number of amides is 1. The van der Waals surface area contributed by atoms with E-state index in [1.165, 1.54) is 4.57 Å². The molecule has 1 aliphatic rings. The summed E-state index contributed by atoms with van der Waals surface area (Å²) in [5.41, 5.74) is 0.517. The van der Waals surface area contributed by atoms with Crippen LogP contribution in [0, 0.1) is 30.4 Å². The molecule has 1 fully saturated rings. The average Bonchev–Trinajstić information content (AvgIpc) is 2.72. The predicted octanol–water partition coefficient (Wildman–Crippen LogP) is 3.33. The van der Waals surface area contributed by atoms with Crippen molar-refractivity contribution in [1.82, 2.24) is 14.9 Å². The minimum atomic E-state index is -4.17. The molecule has 1 saturated carbocycles. The first-order valence-corrected chi connectivity index (χ1v) is 7.80. The van der Waals surface area contributed by atoms with E-state index in [1.807, 2.05) is 0 Å². The van der Waals surface area contributed by atoms with Crippen LogP contribution < -0.4 is 5.32 Å². The highest BCUT2D eigenvalue weighted by Crippen LogP contribution is 2.44. The van der Waals surface area contributed by atoms with Crippen LogP contribution in [0.1, 0.15) is 18.7 Å². The maximum Gasteiger partial charge on any atom is 0.391 e. The van der Waals surface area contributed by atoms with Crippen LogP contribution in [0.5, 0.6) is 0 Å². The number of carbonyl (C=O) groups excluding carboxylic acids is 1. The van der Waals surface area contributed by atoms with E-state index < -0.39 is 29.6 Å². The summed E-state index contributed by atoms with van der Waals surface area (Å²) in [6.07, 6.45) is -4.14. The van der Waals surface area contributed by atoms with Gasteiger partial charge in [0.15, 0.2) is 11.6 Å². The third-order valence-corrected chi connectivity index (χ3v) is 4.57. The molecule has 1 aliphatic carbocycles. The lowest BCUT2D eigenvalue weighted by Gasteiger charge is -2.36. The van der Waals surface area contributed by atoms with Crippen LogP contribution in [0.2, 0.25) is 0 Å². The first-order chi connectivity index (χ1) is 11.6. The number of nitrogens with zero attached hydrogens (tertiary/aromatic N) is 2. The summed E-state index contributed by atoms with van der Waals surface area (Å²) in [6, 6.07) is 1.93. The van der Waals surface area contributed by atoms with Gasteiger partial charge in [0.2, 0.25) is 5.91 Å². The Bertz CT molecular complexity index is 808. The zero-order valence-corrected chi connectivity index (χ0v) is 13.3. The van der Waals surface area contributed by atoms with Crippen LogP contribution in [0.4, 0.5) is 22.0 Å². The normalized spacial score (nSPS) is 20.6. The topological polar surface area (TPSA) is 46.9 Å². The second-order valence-corrected chi connectivity index (χ2v) is 6.38. The van der Waals surface area contributed by atoms with Crippen LogP contribution in [-0.4, -0.2) is 28.2 Å². The lowest BCUT2D eigenvalue weighted by atomic mass is 9.74. The molecule has 0 saturated heterocycles. The van der Waals surface area contributed by atoms with Gasteiger partial charge < -0.3 is 9.88 Å². The molecule has 1 aromatic carbocycles. The summed E-state index contributed by atoms with van der Waals surface area (Å²) in [5, 5.41) is 2.59. The number of nitrogens with one attached hydrogen (secondary N) is 1. The van der Waals surface area contributed by atoms with Gasteiger partial charge in [0.1, 0.15) is 12.4 Å². The van der Waals surface area contributed by atoms with Crippen LogP contribution >= 0.6 is 0 Å². The number of alkyl halides is 3. The summed E-state index contributed by atoms with van der Waals surface area (Å²) >= 11 is 0. The van der Waals surface area contributed by atoms with Crippen molar-refractivity contribution < 1.29 is 26.7 Å². The maximum atomic E-state index is 13.4. The molecule has 2 aromatic rings. The zero-order chi connectivity index (χ0) is 18.4. The van der Waals surface area contributed by atoms with Gasteiger partial charge in [0, 0.05) is 18.7 Å². The molecular weight excluding hydrogens is 345 g/mol. The fourth-order valence-electron chi connectivity index (χ4n) is 3.07. The number of halogens is 5. The smallest absolute Gasteiger partial charge is 0.354 e. The Morgan fingerprint density at radius 2 is 1.92 bits per heavy atom. The van der Waals surface area contributed by atoms with E-state index in [1.54, 1.807) is 6.92 Å². The maximum absolute atomic E-state index is 13.4. The van der Waals surface area contributed by atoms with E-state index in [0.29, 0.717) is 5.82 Å². The molecule has 0 radical (unpaired) electrons. The summed E-state index contributed by atoms with van der Waals surface area (Å²) < 4.78 is 65.4. The number of carbonyl (C=O) groups is 1. The number of benzene rings is 1. The van der Waals surface area contributed by atoms with Gasteiger partial charge in [0.05, 0.1) is 17.0 Å². The molecule has 4 nitrogen and oxygen atoms in total.